The molecule has 6 nitrogen and oxygen atoms in total. The van der Waals surface area contributed by atoms with Gasteiger partial charge < -0.3 is 15.2 Å². The van der Waals surface area contributed by atoms with E-state index in [1.54, 1.807) is 11.3 Å². The Bertz CT molecular complexity index is 333. The molecule has 1 rings (SSSR count). The summed E-state index contributed by atoms with van der Waals surface area (Å²) in [6.45, 7) is 6.98. The standard InChI is InChI=1S/C11H22N4O2S/c1-9(2)15(4-6-17-7-5-16)8-10-13-14-11(12-3)18-10/h9,16H,4-8H2,1-3H3,(H,12,14). The van der Waals surface area contributed by atoms with Crippen molar-refractivity contribution >= 4 is 16.5 Å². The van der Waals surface area contributed by atoms with Crippen molar-refractivity contribution in [2.24, 2.45) is 0 Å². The first-order valence-corrected chi connectivity index (χ1v) is 6.91. The first-order chi connectivity index (χ1) is 8.67. The fraction of sp³-hybridized carbons (Fsp3) is 0.818. The third-order valence-corrected chi connectivity index (χ3v) is 3.43. The Balaban J connectivity index is 2.41. The van der Waals surface area contributed by atoms with Gasteiger partial charge in [0.15, 0.2) is 0 Å². The molecule has 7 heteroatoms. The molecule has 0 aliphatic carbocycles. The van der Waals surface area contributed by atoms with Crippen LogP contribution in [-0.4, -0.2) is 59.7 Å². The Hall–Kier alpha value is -0.760. The second-order valence-electron chi connectivity index (χ2n) is 4.15. The molecule has 0 amide bonds. The summed E-state index contributed by atoms with van der Waals surface area (Å²) in [6.07, 6.45) is 0. The molecule has 0 aromatic carbocycles. The number of ether oxygens (including phenoxy) is 1. The van der Waals surface area contributed by atoms with Crippen LogP contribution in [0.4, 0.5) is 5.13 Å². The average molecular weight is 274 g/mol. The molecule has 0 aliphatic heterocycles. The first kappa shape index (κ1) is 15.3. The van der Waals surface area contributed by atoms with E-state index in [1.165, 1.54) is 0 Å². The highest BCUT2D eigenvalue weighted by molar-refractivity contribution is 7.15. The van der Waals surface area contributed by atoms with Crippen LogP contribution in [0.15, 0.2) is 0 Å². The third kappa shape index (κ3) is 5.26. The molecule has 0 saturated heterocycles. The van der Waals surface area contributed by atoms with E-state index in [2.05, 4.69) is 34.3 Å². The monoisotopic (exact) mass is 274 g/mol. The Morgan fingerprint density at radius 1 is 1.39 bits per heavy atom. The summed E-state index contributed by atoms with van der Waals surface area (Å²) in [5.74, 6) is 0. The topological polar surface area (TPSA) is 70.5 Å². The van der Waals surface area contributed by atoms with Gasteiger partial charge >= 0.3 is 0 Å². The van der Waals surface area contributed by atoms with Crippen LogP contribution in [0.1, 0.15) is 18.9 Å². The fourth-order valence-electron chi connectivity index (χ4n) is 1.46. The van der Waals surface area contributed by atoms with Gasteiger partial charge in [-0.1, -0.05) is 11.3 Å². The number of aliphatic hydroxyl groups is 1. The lowest BCUT2D eigenvalue weighted by atomic mass is 10.3. The third-order valence-electron chi connectivity index (χ3n) is 2.51. The maximum Gasteiger partial charge on any atom is 0.205 e. The molecule has 0 unspecified atom stereocenters. The molecule has 0 spiro atoms. The lowest BCUT2D eigenvalue weighted by Crippen LogP contribution is -2.33. The predicted molar refractivity (Wildman–Crippen MR) is 72.9 cm³/mol. The quantitative estimate of drug-likeness (QED) is 0.649. The van der Waals surface area contributed by atoms with E-state index >= 15 is 0 Å². The molecule has 0 atom stereocenters. The number of aromatic nitrogens is 2. The molecule has 0 saturated carbocycles. The number of anilines is 1. The maximum absolute atomic E-state index is 8.64. The molecular formula is C11H22N4O2S. The summed E-state index contributed by atoms with van der Waals surface area (Å²) in [5.41, 5.74) is 0. The average Bonchev–Trinajstić information content (AvgIpc) is 2.80. The number of hydrogen-bond acceptors (Lipinski definition) is 7. The van der Waals surface area contributed by atoms with Crippen molar-refractivity contribution < 1.29 is 9.84 Å². The zero-order chi connectivity index (χ0) is 13.4. The van der Waals surface area contributed by atoms with Gasteiger partial charge in [0.1, 0.15) is 5.01 Å². The minimum atomic E-state index is 0.0730. The van der Waals surface area contributed by atoms with Crippen molar-refractivity contribution in [2.45, 2.75) is 26.4 Å². The Kier molecular flexibility index (Phi) is 7.11. The summed E-state index contributed by atoms with van der Waals surface area (Å²) in [5, 5.41) is 21.6. The van der Waals surface area contributed by atoms with Crippen LogP contribution < -0.4 is 5.32 Å². The minimum Gasteiger partial charge on any atom is -0.394 e. The number of nitrogens with one attached hydrogen (secondary N) is 1. The smallest absolute Gasteiger partial charge is 0.205 e. The number of hydrogen-bond donors (Lipinski definition) is 2. The van der Waals surface area contributed by atoms with Gasteiger partial charge in [0, 0.05) is 19.6 Å². The number of nitrogens with zero attached hydrogens (tertiary/aromatic N) is 3. The highest BCUT2D eigenvalue weighted by Gasteiger charge is 2.13. The van der Waals surface area contributed by atoms with Crippen LogP contribution in [0.5, 0.6) is 0 Å². The van der Waals surface area contributed by atoms with Crippen LogP contribution >= 0.6 is 11.3 Å². The zero-order valence-electron chi connectivity index (χ0n) is 11.2. The lowest BCUT2D eigenvalue weighted by Gasteiger charge is -2.24. The van der Waals surface area contributed by atoms with Crippen molar-refractivity contribution in [3.8, 4) is 0 Å². The zero-order valence-corrected chi connectivity index (χ0v) is 12.0. The van der Waals surface area contributed by atoms with Crippen molar-refractivity contribution in [3.63, 3.8) is 0 Å². The van der Waals surface area contributed by atoms with Crippen LogP contribution in [0.2, 0.25) is 0 Å². The molecule has 0 aliphatic rings. The van der Waals surface area contributed by atoms with Gasteiger partial charge in [-0.15, -0.1) is 10.2 Å². The molecule has 0 radical (unpaired) electrons. The van der Waals surface area contributed by atoms with Gasteiger partial charge in [0.2, 0.25) is 5.13 Å². The maximum atomic E-state index is 8.64. The second-order valence-corrected chi connectivity index (χ2v) is 5.21. The van der Waals surface area contributed by atoms with Crippen LogP contribution in [0.25, 0.3) is 0 Å². The van der Waals surface area contributed by atoms with Crippen molar-refractivity contribution in [3.05, 3.63) is 5.01 Å². The van der Waals surface area contributed by atoms with Crippen molar-refractivity contribution in [1.82, 2.24) is 15.1 Å². The molecule has 0 bridgehead atoms. The summed E-state index contributed by atoms with van der Waals surface area (Å²) in [7, 11) is 1.84. The van der Waals surface area contributed by atoms with E-state index < -0.39 is 0 Å². The molecule has 104 valence electrons. The number of rotatable bonds is 9. The van der Waals surface area contributed by atoms with E-state index in [0.29, 0.717) is 19.3 Å². The predicted octanol–water partition coefficient (Wildman–Crippen LogP) is 0.799. The molecule has 1 aromatic rings. The molecule has 0 fully saturated rings. The van der Waals surface area contributed by atoms with Gasteiger partial charge in [-0.25, -0.2) is 0 Å². The van der Waals surface area contributed by atoms with Gasteiger partial charge in [0.05, 0.1) is 26.4 Å². The molecular weight excluding hydrogens is 252 g/mol. The molecule has 1 aromatic heterocycles. The van der Waals surface area contributed by atoms with Crippen LogP contribution in [0, 0.1) is 0 Å². The highest BCUT2D eigenvalue weighted by atomic mass is 32.1. The summed E-state index contributed by atoms with van der Waals surface area (Å²) in [6, 6.07) is 0.421. The van der Waals surface area contributed by atoms with E-state index in [1.807, 2.05) is 7.05 Å². The minimum absolute atomic E-state index is 0.0730. The van der Waals surface area contributed by atoms with Gasteiger partial charge in [-0.3, -0.25) is 4.90 Å². The van der Waals surface area contributed by atoms with Gasteiger partial charge in [-0.05, 0) is 13.8 Å². The van der Waals surface area contributed by atoms with E-state index in [4.69, 9.17) is 9.84 Å². The highest BCUT2D eigenvalue weighted by Crippen LogP contribution is 2.17. The van der Waals surface area contributed by atoms with Crippen molar-refractivity contribution in [1.29, 1.82) is 0 Å². The van der Waals surface area contributed by atoms with Gasteiger partial charge in [-0.2, -0.15) is 0 Å². The summed E-state index contributed by atoms with van der Waals surface area (Å²) < 4.78 is 5.29. The Morgan fingerprint density at radius 3 is 2.72 bits per heavy atom. The largest absolute Gasteiger partial charge is 0.394 e. The molecule has 1 heterocycles. The van der Waals surface area contributed by atoms with Crippen LogP contribution in [0.3, 0.4) is 0 Å². The molecule has 18 heavy (non-hydrogen) atoms. The van der Waals surface area contributed by atoms with Crippen molar-refractivity contribution in [2.75, 3.05) is 38.7 Å². The normalized spacial score (nSPS) is 11.4. The fourth-order valence-corrected chi connectivity index (χ4v) is 2.18. The first-order valence-electron chi connectivity index (χ1n) is 6.10. The lowest BCUT2D eigenvalue weighted by molar-refractivity contribution is 0.0646. The van der Waals surface area contributed by atoms with Crippen LogP contribution in [-0.2, 0) is 11.3 Å². The van der Waals surface area contributed by atoms with Gasteiger partial charge in [0.25, 0.3) is 0 Å². The summed E-state index contributed by atoms with van der Waals surface area (Å²) >= 11 is 1.57. The Labute approximate surface area is 112 Å². The second kappa shape index (κ2) is 8.36. The van der Waals surface area contributed by atoms with E-state index in [-0.39, 0.29) is 6.61 Å². The Morgan fingerprint density at radius 2 is 2.17 bits per heavy atom. The molecule has 2 N–H and O–H groups in total. The summed E-state index contributed by atoms with van der Waals surface area (Å²) in [4.78, 5) is 2.28. The SMILES string of the molecule is CNc1nnc(CN(CCOCCO)C(C)C)s1. The van der Waals surface area contributed by atoms with E-state index in [9.17, 15) is 0 Å². The number of aliphatic hydroxyl groups excluding tert-OH is 1. The van der Waals surface area contributed by atoms with E-state index in [0.717, 1.165) is 23.2 Å².